The van der Waals surface area contributed by atoms with Gasteiger partial charge in [0.25, 0.3) is 0 Å². The summed E-state index contributed by atoms with van der Waals surface area (Å²) in [6.07, 6.45) is -7.67. The van der Waals surface area contributed by atoms with Gasteiger partial charge >= 0.3 is 0 Å². The summed E-state index contributed by atoms with van der Waals surface area (Å²) in [6.45, 7) is 3.35. The van der Waals surface area contributed by atoms with Crippen molar-refractivity contribution in [2.45, 2.75) is 75.7 Å². The molecule has 4 rings (SSSR count). The van der Waals surface area contributed by atoms with Gasteiger partial charge in [0.15, 0.2) is 6.29 Å². The zero-order valence-electron chi connectivity index (χ0n) is 19.9. The number of hydrogen-bond donors (Lipinski definition) is 5. The van der Waals surface area contributed by atoms with Crippen LogP contribution in [0.4, 0.5) is 0 Å². The molecule has 5 N–H and O–H groups in total. The van der Waals surface area contributed by atoms with E-state index in [1.807, 2.05) is 26.0 Å². The van der Waals surface area contributed by atoms with Crippen LogP contribution in [0.1, 0.15) is 35.6 Å². The molecule has 2 aliphatic rings. The second-order valence-electron chi connectivity index (χ2n) is 9.36. The lowest BCUT2D eigenvalue weighted by molar-refractivity contribution is -0.309. The minimum atomic E-state index is -1.34. The number of aryl methyl sites for hydroxylation is 2. The first-order valence-corrected chi connectivity index (χ1v) is 11.9. The number of aliphatic hydroxyl groups is 5. The highest BCUT2D eigenvalue weighted by molar-refractivity contribution is 5.38. The van der Waals surface area contributed by atoms with Gasteiger partial charge in [0.05, 0.1) is 37.6 Å². The second kappa shape index (κ2) is 11.3. The minimum Gasteiger partial charge on any atom is -0.457 e. The molecule has 0 aromatic heterocycles. The molecule has 8 unspecified atom stereocenters. The number of hydrogen-bond acceptors (Lipinski definition) is 9. The zero-order chi connectivity index (χ0) is 25.1. The second-order valence-corrected chi connectivity index (χ2v) is 9.36. The van der Waals surface area contributed by atoms with E-state index in [9.17, 15) is 25.5 Å². The normalized spacial score (nSPS) is 33.5. The van der Waals surface area contributed by atoms with Crippen molar-refractivity contribution in [2.75, 3.05) is 13.2 Å². The molecule has 8 atom stereocenters. The van der Waals surface area contributed by atoms with Crippen molar-refractivity contribution in [3.05, 3.63) is 59.2 Å². The van der Waals surface area contributed by atoms with E-state index in [2.05, 4.69) is 6.07 Å². The predicted octanol–water partition coefficient (Wildman–Crippen LogP) is 1.49. The molecule has 0 spiro atoms. The van der Waals surface area contributed by atoms with E-state index in [-0.39, 0.29) is 26.1 Å². The Morgan fingerprint density at radius 2 is 1.51 bits per heavy atom. The van der Waals surface area contributed by atoms with Crippen molar-refractivity contribution in [2.24, 2.45) is 0 Å². The van der Waals surface area contributed by atoms with Gasteiger partial charge in [-0.05, 0) is 54.8 Å². The van der Waals surface area contributed by atoms with Crippen LogP contribution in [-0.2, 0) is 14.2 Å². The fraction of sp³-hybridized carbons (Fsp3) is 0.538. The Hall–Kier alpha value is -2.08. The molecule has 2 aromatic carbocycles. The van der Waals surface area contributed by atoms with E-state index in [4.69, 9.17) is 18.9 Å². The van der Waals surface area contributed by atoms with Crippen molar-refractivity contribution in [3.8, 4) is 11.5 Å². The largest absolute Gasteiger partial charge is 0.457 e. The van der Waals surface area contributed by atoms with Gasteiger partial charge in [-0.1, -0.05) is 18.2 Å². The molecule has 2 heterocycles. The smallest absolute Gasteiger partial charge is 0.186 e. The van der Waals surface area contributed by atoms with E-state index >= 15 is 0 Å². The summed E-state index contributed by atoms with van der Waals surface area (Å²) in [4.78, 5) is 0. The van der Waals surface area contributed by atoms with Gasteiger partial charge in [-0.2, -0.15) is 0 Å². The summed E-state index contributed by atoms with van der Waals surface area (Å²) in [7, 11) is 0. The van der Waals surface area contributed by atoms with Crippen LogP contribution in [0.25, 0.3) is 0 Å². The van der Waals surface area contributed by atoms with Gasteiger partial charge in [-0.25, -0.2) is 0 Å². The summed E-state index contributed by atoms with van der Waals surface area (Å²) in [5.74, 6) is 1.26. The SMILES string of the molecule is Cc1cc(C)cc(Oc2cccc(C3OC(CO)CC(OC4OC(CO)CC(O)C4O)C3O)c2)c1. The molecule has 0 bridgehead atoms. The Morgan fingerprint density at radius 3 is 2.20 bits per heavy atom. The van der Waals surface area contributed by atoms with Crippen LogP contribution in [0, 0.1) is 13.8 Å². The van der Waals surface area contributed by atoms with Crippen molar-refractivity contribution in [1.82, 2.24) is 0 Å². The van der Waals surface area contributed by atoms with Gasteiger partial charge < -0.3 is 44.5 Å². The van der Waals surface area contributed by atoms with E-state index in [1.54, 1.807) is 24.3 Å². The van der Waals surface area contributed by atoms with Crippen LogP contribution in [0.3, 0.4) is 0 Å². The topological polar surface area (TPSA) is 138 Å². The minimum absolute atomic E-state index is 0.0724. The first kappa shape index (κ1) is 26.0. The summed E-state index contributed by atoms with van der Waals surface area (Å²) < 4.78 is 23.4. The molecule has 35 heavy (non-hydrogen) atoms. The standard InChI is InChI=1S/C26H34O9/c1-14-6-15(2)8-18(7-14)32-17-5-3-4-16(9-17)25-24(31)22(11-20(13-28)33-25)35-26-23(30)21(29)10-19(12-27)34-26/h3-9,19-31H,10-13H2,1-2H3. The third kappa shape index (κ3) is 6.19. The first-order chi connectivity index (χ1) is 16.8. The quantitative estimate of drug-likeness (QED) is 0.391. The molecule has 9 heteroatoms. The van der Waals surface area contributed by atoms with Gasteiger partial charge in [0.1, 0.15) is 29.8 Å². The maximum Gasteiger partial charge on any atom is 0.186 e. The lowest BCUT2D eigenvalue weighted by Crippen LogP contribution is -2.54. The molecule has 0 radical (unpaired) electrons. The molecular formula is C26H34O9. The van der Waals surface area contributed by atoms with Crippen LogP contribution in [0.2, 0.25) is 0 Å². The van der Waals surface area contributed by atoms with Gasteiger partial charge in [0, 0.05) is 12.8 Å². The Kier molecular flexibility index (Phi) is 8.41. The van der Waals surface area contributed by atoms with Crippen LogP contribution in [-0.4, -0.2) is 81.7 Å². The fourth-order valence-electron chi connectivity index (χ4n) is 4.67. The molecule has 2 fully saturated rings. The predicted molar refractivity (Wildman–Crippen MR) is 125 cm³/mol. The number of ether oxygens (including phenoxy) is 4. The van der Waals surface area contributed by atoms with E-state index < -0.39 is 49.0 Å². The van der Waals surface area contributed by atoms with E-state index in [0.29, 0.717) is 17.1 Å². The molecule has 0 aliphatic carbocycles. The molecule has 2 aromatic rings. The third-order valence-electron chi connectivity index (χ3n) is 6.36. The van der Waals surface area contributed by atoms with E-state index in [1.165, 1.54) is 0 Å². The highest BCUT2D eigenvalue weighted by atomic mass is 16.7. The summed E-state index contributed by atoms with van der Waals surface area (Å²) in [6, 6.07) is 13.1. The molecular weight excluding hydrogens is 456 g/mol. The van der Waals surface area contributed by atoms with Crippen molar-refractivity contribution >= 4 is 0 Å². The number of rotatable bonds is 7. The zero-order valence-corrected chi connectivity index (χ0v) is 19.9. The van der Waals surface area contributed by atoms with Crippen LogP contribution in [0.15, 0.2) is 42.5 Å². The van der Waals surface area contributed by atoms with Crippen LogP contribution >= 0.6 is 0 Å². The Morgan fingerprint density at radius 1 is 0.829 bits per heavy atom. The highest BCUT2D eigenvalue weighted by Gasteiger charge is 2.44. The van der Waals surface area contributed by atoms with Crippen molar-refractivity contribution < 1.29 is 44.5 Å². The lowest BCUT2D eigenvalue weighted by Gasteiger charge is -2.43. The van der Waals surface area contributed by atoms with Gasteiger partial charge in [-0.15, -0.1) is 0 Å². The van der Waals surface area contributed by atoms with Crippen LogP contribution in [0.5, 0.6) is 11.5 Å². The molecule has 0 amide bonds. The Bertz CT molecular complexity index is 963. The highest BCUT2D eigenvalue weighted by Crippen LogP contribution is 2.37. The first-order valence-electron chi connectivity index (χ1n) is 11.9. The van der Waals surface area contributed by atoms with Crippen LogP contribution < -0.4 is 4.74 Å². The van der Waals surface area contributed by atoms with Crippen molar-refractivity contribution in [3.63, 3.8) is 0 Å². The lowest BCUT2D eigenvalue weighted by atomic mass is 9.92. The molecule has 9 nitrogen and oxygen atoms in total. The summed E-state index contributed by atoms with van der Waals surface area (Å²) in [5, 5.41) is 50.8. The fourth-order valence-corrected chi connectivity index (χ4v) is 4.67. The molecule has 192 valence electrons. The molecule has 2 saturated heterocycles. The average Bonchev–Trinajstić information content (AvgIpc) is 2.82. The van der Waals surface area contributed by atoms with E-state index in [0.717, 1.165) is 11.1 Å². The summed E-state index contributed by atoms with van der Waals surface area (Å²) in [5.41, 5.74) is 2.78. The van der Waals surface area contributed by atoms with Gasteiger partial charge in [-0.3, -0.25) is 0 Å². The maximum absolute atomic E-state index is 11.1. The third-order valence-corrected chi connectivity index (χ3v) is 6.36. The molecule has 0 saturated carbocycles. The van der Waals surface area contributed by atoms with Crippen molar-refractivity contribution in [1.29, 1.82) is 0 Å². The van der Waals surface area contributed by atoms with Gasteiger partial charge in [0.2, 0.25) is 0 Å². The average molecular weight is 491 g/mol. The Balaban J connectivity index is 1.52. The molecule has 2 aliphatic heterocycles. The number of aliphatic hydroxyl groups excluding tert-OH is 5. The Labute approximate surface area is 204 Å². The number of benzene rings is 2. The maximum atomic E-state index is 11.1. The monoisotopic (exact) mass is 490 g/mol. The summed E-state index contributed by atoms with van der Waals surface area (Å²) >= 11 is 0.